The molecule has 0 aromatic heterocycles. The van der Waals surface area contributed by atoms with Crippen molar-refractivity contribution in [1.29, 1.82) is 0 Å². The lowest BCUT2D eigenvalue weighted by molar-refractivity contribution is -0.119. The molecule has 0 radical (unpaired) electrons. The average molecular weight is 153 g/mol. The van der Waals surface area contributed by atoms with Crippen LogP contribution in [0.15, 0.2) is 0 Å². The molecule has 0 aromatic carbocycles. The summed E-state index contributed by atoms with van der Waals surface area (Å²) in [4.78, 5) is 10.4. The Hall–Kier alpha value is -0.280. The normalized spacial score (nSPS) is 25.1. The first-order valence-corrected chi connectivity index (χ1v) is 2.83. The van der Waals surface area contributed by atoms with E-state index in [1.807, 2.05) is 0 Å². The van der Waals surface area contributed by atoms with Crippen LogP contribution in [-0.4, -0.2) is 18.5 Å². The van der Waals surface area contributed by atoms with Crippen molar-refractivity contribution in [3.05, 3.63) is 0 Å². The van der Waals surface area contributed by atoms with Gasteiger partial charge in [-0.25, -0.2) is 0 Å². The second-order valence-corrected chi connectivity index (χ2v) is 2.05. The van der Waals surface area contributed by atoms with Gasteiger partial charge in [-0.3, -0.25) is 4.79 Å². The number of halogens is 1. The highest BCUT2D eigenvalue weighted by Crippen LogP contribution is 2.02. The molecule has 0 aromatic rings. The van der Waals surface area contributed by atoms with E-state index in [9.17, 15) is 4.79 Å². The zero-order chi connectivity index (χ0) is 5.98. The molecule has 0 bridgehead atoms. The lowest BCUT2D eigenvalue weighted by Crippen LogP contribution is -2.36. The van der Waals surface area contributed by atoms with Crippen molar-refractivity contribution in [2.75, 3.05) is 6.54 Å². The second kappa shape index (κ2) is 3.69. The zero-order valence-electron chi connectivity index (χ0n) is 5.09. The Bertz CT molecular complexity index is 101. The summed E-state index contributed by atoms with van der Waals surface area (Å²) in [7, 11) is 0. The van der Waals surface area contributed by atoms with Crippen LogP contribution in [0.2, 0.25) is 0 Å². The number of hydrogen-bond donors (Lipinski definition) is 2. The van der Waals surface area contributed by atoms with Crippen LogP contribution in [0.3, 0.4) is 0 Å². The molecule has 1 amide bonds. The van der Waals surface area contributed by atoms with E-state index in [2.05, 4.69) is 5.32 Å². The Balaban J connectivity index is 0.000000640. The number of nitrogens with two attached hydrogens (primary N) is 1. The van der Waals surface area contributed by atoms with Crippen molar-refractivity contribution >= 4 is 18.3 Å². The molecule has 1 aliphatic heterocycles. The molecule has 1 aliphatic rings. The molecule has 1 fully saturated rings. The van der Waals surface area contributed by atoms with Gasteiger partial charge in [0.2, 0.25) is 5.91 Å². The quantitative estimate of drug-likeness (QED) is 0.505. The molecule has 1 saturated heterocycles. The number of nitrogens with one attached hydrogen (secondary N) is 1. The number of rotatable bonds is 1. The number of carbonyl (C=O) groups excluding carboxylic acids is 1. The lowest BCUT2D eigenvalue weighted by atomic mass is 10.2. The Kier molecular flexibility index (Phi) is 3.58. The maximum Gasteiger partial charge on any atom is 0.234 e. The van der Waals surface area contributed by atoms with E-state index in [0.717, 1.165) is 19.4 Å². The highest BCUT2D eigenvalue weighted by molar-refractivity contribution is 5.85. The summed E-state index contributed by atoms with van der Waals surface area (Å²) in [5.74, 6) is -0.220. The van der Waals surface area contributed by atoms with Crippen molar-refractivity contribution < 1.29 is 4.79 Å². The van der Waals surface area contributed by atoms with Crippen LogP contribution in [0.25, 0.3) is 0 Å². The monoisotopic (exact) mass is 152 g/mol. The third-order valence-corrected chi connectivity index (χ3v) is 1.40. The first kappa shape index (κ1) is 8.72. The Labute approximate surface area is 60.4 Å². The molecule has 9 heavy (non-hydrogen) atoms. The molecule has 1 atom stereocenters. The van der Waals surface area contributed by atoms with Gasteiger partial charge in [-0.2, -0.15) is 0 Å². The van der Waals surface area contributed by atoms with E-state index in [0.29, 0.717) is 0 Å². The molecule has 3 N–H and O–H groups in total. The van der Waals surface area contributed by atoms with E-state index in [1.165, 1.54) is 0 Å². The SMILES string of the molecule is Cl.NC(=[18O])[C@@H]1CCCN1. The minimum atomic E-state index is -0.220. The Morgan fingerprint density at radius 2 is 2.33 bits per heavy atom. The summed E-state index contributed by atoms with van der Waals surface area (Å²) in [5, 5.41) is 2.98. The summed E-state index contributed by atoms with van der Waals surface area (Å²) in [5.41, 5.74) is 5.00. The third kappa shape index (κ3) is 2.20. The largest absolute Gasteiger partial charge is 0.368 e. The first-order valence-electron chi connectivity index (χ1n) is 2.83. The molecule has 1 heterocycles. The van der Waals surface area contributed by atoms with Crippen LogP contribution in [0.4, 0.5) is 0 Å². The summed E-state index contributed by atoms with van der Waals surface area (Å²) in [6.45, 7) is 0.938. The summed E-state index contributed by atoms with van der Waals surface area (Å²) in [6.07, 6.45) is 1.99. The van der Waals surface area contributed by atoms with Crippen LogP contribution >= 0.6 is 12.4 Å². The molecule has 3 nitrogen and oxygen atoms in total. The predicted molar refractivity (Wildman–Crippen MR) is 37.5 cm³/mol. The van der Waals surface area contributed by atoms with Gasteiger partial charge in [-0.05, 0) is 19.4 Å². The minimum absolute atomic E-state index is 0. The van der Waals surface area contributed by atoms with E-state index in [1.54, 1.807) is 0 Å². The van der Waals surface area contributed by atoms with Crippen LogP contribution in [0.1, 0.15) is 12.8 Å². The topological polar surface area (TPSA) is 55.1 Å². The third-order valence-electron chi connectivity index (χ3n) is 1.40. The van der Waals surface area contributed by atoms with Crippen molar-refractivity contribution in [3.8, 4) is 0 Å². The molecule has 0 unspecified atom stereocenters. The molecule has 0 saturated carbocycles. The van der Waals surface area contributed by atoms with Gasteiger partial charge in [0, 0.05) is 0 Å². The predicted octanol–water partition coefficient (Wildman–Crippen LogP) is -0.355. The van der Waals surface area contributed by atoms with Gasteiger partial charge in [-0.1, -0.05) is 0 Å². The molecular formula is C5H11ClN2O. The van der Waals surface area contributed by atoms with Crippen LogP contribution < -0.4 is 11.1 Å². The first-order chi connectivity index (χ1) is 3.80. The lowest BCUT2D eigenvalue weighted by Gasteiger charge is -2.01. The van der Waals surface area contributed by atoms with Gasteiger partial charge in [0.05, 0.1) is 6.04 Å². The molecular weight excluding hydrogens is 142 g/mol. The fraction of sp³-hybridized carbons (Fsp3) is 0.800. The fourth-order valence-electron chi connectivity index (χ4n) is 0.927. The van der Waals surface area contributed by atoms with E-state index >= 15 is 0 Å². The van der Waals surface area contributed by atoms with Crippen molar-refractivity contribution in [2.24, 2.45) is 5.73 Å². The minimum Gasteiger partial charge on any atom is -0.368 e. The molecule has 1 rings (SSSR count). The maximum atomic E-state index is 10.4. The smallest absolute Gasteiger partial charge is 0.234 e. The van der Waals surface area contributed by atoms with Gasteiger partial charge < -0.3 is 11.1 Å². The van der Waals surface area contributed by atoms with E-state index in [4.69, 9.17) is 5.73 Å². The van der Waals surface area contributed by atoms with Crippen molar-refractivity contribution in [2.45, 2.75) is 18.9 Å². The Morgan fingerprint density at radius 3 is 2.56 bits per heavy atom. The molecule has 0 aliphatic carbocycles. The van der Waals surface area contributed by atoms with Crippen molar-refractivity contribution in [3.63, 3.8) is 0 Å². The highest BCUT2D eigenvalue weighted by Gasteiger charge is 2.18. The number of amides is 1. The summed E-state index contributed by atoms with van der Waals surface area (Å²) < 4.78 is 0. The summed E-state index contributed by atoms with van der Waals surface area (Å²) in [6, 6.07) is -0.0463. The van der Waals surface area contributed by atoms with Crippen LogP contribution in [0.5, 0.6) is 0 Å². The van der Waals surface area contributed by atoms with Gasteiger partial charge in [0.1, 0.15) is 0 Å². The van der Waals surface area contributed by atoms with E-state index < -0.39 is 0 Å². The Morgan fingerprint density at radius 1 is 1.67 bits per heavy atom. The number of hydrogen-bond acceptors (Lipinski definition) is 2. The molecule has 4 heteroatoms. The number of carbonyl (C=O) groups is 1. The van der Waals surface area contributed by atoms with Crippen LogP contribution in [-0.2, 0) is 4.79 Å². The van der Waals surface area contributed by atoms with Crippen molar-refractivity contribution in [1.82, 2.24) is 5.32 Å². The summed E-state index contributed by atoms with van der Waals surface area (Å²) >= 11 is 0. The number of primary amides is 1. The van der Waals surface area contributed by atoms with Crippen LogP contribution in [0, 0.1) is 0 Å². The molecule has 0 spiro atoms. The second-order valence-electron chi connectivity index (χ2n) is 2.05. The van der Waals surface area contributed by atoms with E-state index in [-0.39, 0.29) is 24.4 Å². The van der Waals surface area contributed by atoms with Gasteiger partial charge in [0.25, 0.3) is 0 Å². The fourth-order valence-corrected chi connectivity index (χ4v) is 0.927. The maximum absolute atomic E-state index is 10.4. The van der Waals surface area contributed by atoms with Gasteiger partial charge in [-0.15, -0.1) is 12.4 Å². The van der Waals surface area contributed by atoms with Gasteiger partial charge in [0.15, 0.2) is 0 Å². The highest BCUT2D eigenvalue weighted by atomic mass is 35.5. The molecule has 54 valence electrons. The standard InChI is InChI=1S/C5H10N2O.ClH/c6-5(8)4-2-1-3-7-4;/h4,7H,1-3H2,(H2,6,8);1H/t4-;/m0./s1/i8+2;. The van der Waals surface area contributed by atoms with Gasteiger partial charge >= 0.3 is 0 Å². The zero-order valence-corrected chi connectivity index (χ0v) is 5.91. The average Bonchev–Trinajstić information content (AvgIpc) is 2.12.